The monoisotopic (exact) mass is 434 g/mol. The van der Waals surface area contributed by atoms with E-state index < -0.39 is 0 Å². The minimum Gasteiger partial charge on any atom is -0.462 e. The summed E-state index contributed by atoms with van der Waals surface area (Å²) in [6, 6.07) is 7.44. The zero-order valence-electron chi connectivity index (χ0n) is 19.9. The molecule has 0 aromatic heterocycles. The molecule has 0 saturated heterocycles. The number of nitrogens with zero attached hydrogens (tertiary/aromatic N) is 1. The van der Waals surface area contributed by atoms with Crippen molar-refractivity contribution in [2.45, 2.75) is 77.7 Å². The molecule has 32 heavy (non-hydrogen) atoms. The third kappa shape index (κ3) is 11.1. The predicted octanol–water partition coefficient (Wildman–Crippen LogP) is 5.98. The van der Waals surface area contributed by atoms with Crippen LogP contribution in [-0.4, -0.2) is 36.7 Å². The Kier molecular flexibility index (Phi) is 14.5. The van der Waals surface area contributed by atoms with Crippen LogP contribution >= 0.6 is 0 Å². The number of carbonyl (C=O) groups is 1. The van der Waals surface area contributed by atoms with E-state index in [1.165, 1.54) is 51.4 Å². The highest BCUT2D eigenvalue weighted by molar-refractivity contribution is 5.89. The van der Waals surface area contributed by atoms with Crippen LogP contribution in [0.1, 0.15) is 87.1 Å². The standard InChI is InChI=1S/C29H40NO2/c1-5-9-10-11-12-13-14-15-16-17-25-32-29(31)28-20-18-27(19-21-28)26-30(22-6-2,23-7-3)24-8-4/h2-4,18-21H,5,9-17,22-26H2,1H3/q+1. The Morgan fingerprint density at radius 3 is 1.72 bits per heavy atom. The van der Waals surface area contributed by atoms with E-state index in [1.807, 2.05) is 12.1 Å². The topological polar surface area (TPSA) is 26.3 Å². The Hall–Kier alpha value is -2.67. The van der Waals surface area contributed by atoms with Crippen molar-refractivity contribution in [3.05, 3.63) is 35.4 Å². The van der Waals surface area contributed by atoms with Gasteiger partial charge in [0, 0.05) is 5.56 Å². The van der Waals surface area contributed by atoms with Gasteiger partial charge in [-0.05, 0) is 36.3 Å². The van der Waals surface area contributed by atoms with Gasteiger partial charge in [-0.1, -0.05) is 76.8 Å². The second-order valence-electron chi connectivity index (χ2n) is 8.60. The first kappa shape index (κ1) is 27.4. The Bertz CT molecular complexity index is 733. The number of ether oxygens (including phenoxy) is 1. The molecule has 0 aliphatic rings. The Morgan fingerprint density at radius 1 is 0.781 bits per heavy atom. The lowest BCUT2D eigenvalue weighted by atomic mass is 10.1. The smallest absolute Gasteiger partial charge is 0.338 e. The maximum absolute atomic E-state index is 12.3. The van der Waals surface area contributed by atoms with E-state index in [2.05, 4.69) is 24.7 Å². The van der Waals surface area contributed by atoms with Gasteiger partial charge in [-0.15, -0.1) is 19.3 Å². The molecule has 0 radical (unpaired) electrons. The van der Waals surface area contributed by atoms with E-state index in [0.717, 1.165) is 18.4 Å². The zero-order valence-corrected chi connectivity index (χ0v) is 19.9. The summed E-state index contributed by atoms with van der Waals surface area (Å²) >= 11 is 0. The normalized spacial score (nSPS) is 10.7. The van der Waals surface area contributed by atoms with Gasteiger partial charge in [-0.3, -0.25) is 4.48 Å². The van der Waals surface area contributed by atoms with Crippen LogP contribution < -0.4 is 0 Å². The number of carbonyl (C=O) groups excluding carboxylic acids is 1. The predicted molar refractivity (Wildman–Crippen MR) is 134 cm³/mol. The van der Waals surface area contributed by atoms with Crippen molar-refractivity contribution >= 4 is 5.97 Å². The molecule has 0 N–H and O–H groups in total. The zero-order chi connectivity index (χ0) is 23.5. The molecule has 0 bridgehead atoms. The van der Waals surface area contributed by atoms with Crippen LogP contribution in [0, 0.1) is 37.0 Å². The molecule has 0 aliphatic carbocycles. The molecule has 1 rings (SSSR count). The van der Waals surface area contributed by atoms with E-state index >= 15 is 0 Å². The SMILES string of the molecule is C#CC[N+](CC#C)(CC#C)Cc1ccc(C(=O)OCCCCCCCCCCCC)cc1. The van der Waals surface area contributed by atoms with Crippen molar-refractivity contribution in [3.8, 4) is 37.0 Å². The number of esters is 1. The van der Waals surface area contributed by atoms with Gasteiger partial charge in [-0.25, -0.2) is 4.79 Å². The summed E-state index contributed by atoms with van der Waals surface area (Å²) in [6.07, 6.45) is 29.2. The van der Waals surface area contributed by atoms with Crippen molar-refractivity contribution in [2.75, 3.05) is 26.2 Å². The molecule has 0 amide bonds. The molecule has 0 unspecified atom stereocenters. The highest BCUT2D eigenvalue weighted by Gasteiger charge is 2.25. The minimum absolute atomic E-state index is 0.274. The third-order valence-electron chi connectivity index (χ3n) is 5.72. The summed E-state index contributed by atoms with van der Waals surface area (Å²) in [6.45, 7) is 4.76. The molecule has 3 nitrogen and oxygen atoms in total. The molecule has 1 aromatic carbocycles. The molecule has 3 heteroatoms. The van der Waals surface area contributed by atoms with Gasteiger partial charge in [0.25, 0.3) is 0 Å². The van der Waals surface area contributed by atoms with Crippen molar-refractivity contribution in [1.82, 2.24) is 0 Å². The average molecular weight is 435 g/mol. The Balaban J connectivity index is 2.35. The molecule has 0 atom stereocenters. The summed E-state index contributed by atoms with van der Waals surface area (Å²) in [4.78, 5) is 12.3. The van der Waals surface area contributed by atoms with E-state index in [9.17, 15) is 4.79 Å². The van der Waals surface area contributed by atoms with Gasteiger partial charge in [0.2, 0.25) is 0 Å². The first-order chi connectivity index (χ1) is 15.6. The van der Waals surface area contributed by atoms with Gasteiger partial charge >= 0.3 is 5.97 Å². The molecule has 0 fully saturated rings. The van der Waals surface area contributed by atoms with E-state index in [4.69, 9.17) is 24.0 Å². The summed E-state index contributed by atoms with van der Waals surface area (Å²) < 4.78 is 5.88. The van der Waals surface area contributed by atoms with Crippen molar-refractivity contribution in [3.63, 3.8) is 0 Å². The maximum Gasteiger partial charge on any atom is 0.338 e. The summed E-state index contributed by atoms with van der Waals surface area (Å²) in [5, 5.41) is 0. The third-order valence-corrected chi connectivity index (χ3v) is 5.72. The molecule has 0 heterocycles. The Labute approximate surface area is 196 Å². The number of benzene rings is 1. The molecular weight excluding hydrogens is 394 g/mol. The van der Waals surface area contributed by atoms with Gasteiger partial charge in [0.1, 0.15) is 26.2 Å². The highest BCUT2D eigenvalue weighted by atomic mass is 16.5. The fourth-order valence-corrected chi connectivity index (χ4v) is 3.89. The van der Waals surface area contributed by atoms with E-state index in [1.54, 1.807) is 12.1 Å². The number of hydrogen-bond acceptors (Lipinski definition) is 2. The fraction of sp³-hybridized carbons (Fsp3) is 0.552. The molecular formula is C29H40NO2+. The van der Waals surface area contributed by atoms with Crippen LogP contribution in [0.15, 0.2) is 24.3 Å². The number of terminal acetylenes is 3. The molecule has 1 aromatic rings. The van der Waals surface area contributed by atoms with Crippen molar-refractivity contribution < 1.29 is 14.0 Å². The van der Waals surface area contributed by atoms with Gasteiger partial charge in [0.15, 0.2) is 0 Å². The molecule has 0 saturated carbocycles. The van der Waals surface area contributed by atoms with Crippen LogP contribution in [0.3, 0.4) is 0 Å². The summed E-state index contributed by atoms with van der Waals surface area (Å²) in [5.41, 5.74) is 1.60. The number of hydrogen-bond donors (Lipinski definition) is 0. The Morgan fingerprint density at radius 2 is 1.25 bits per heavy atom. The fourth-order valence-electron chi connectivity index (χ4n) is 3.89. The van der Waals surface area contributed by atoms with Crippen molar-refractivity contribution in [2.24, 2.45) is 0 Å². The molecule has 0 spiro atoms. The molecule has 0 aliphatic heterocycles. The van der Waals surface area contributed by atoms with E-state index in [0.29, 0.717) is 42.8 Å². The number of quaternary nitrogens is 1. The minimum atomic E-state index is -0.274. The van der Waals surface area contributed by atoms with Crippen LogP contribution in [-0.2, 0) is 11.3 Å². The first-order valence-corrected chi connectivity index (χ1v) is 12.0. The van der Waals surface area contributed by atoms with Crippen LogP contribution in [0.25, 0.3) is 0 Å². The van der Waals surface area contributed by atoms with Gasteiger partial charge in [-0.2, -0.15) is 0 Å². The lowest BCUT2D eigenvalue weighted by Crippen LogP contribution is -2.48. The van der Waals surface area contributed by atoms with Gasteiger partial charge in [0.05, 0.1) is 12.2 Å². The highest BCUT2D eigenvalue weighted by Crippen LogP contribution is 2.16. The van der Waals surface area contributed by atoms with E-state index in [-0.39, 0.29) is 5.97 Å². The number of unbranched alkanes of at least 4 members (excludes halogenated alkanes) is 9. The van der Waals surface area contributed by atoms with Crippen LogP contribution in [0.5, 0.6) is 0 Å². The first-order valence-electron chi connectivity index (χ1n) is 12.0. The molecule has 172 valence electrons. The van der Waals surface area contributed by atoms with Gasteiger partial charge < -0.3 is 4.74 Å². The number of rotatable bonds is 17. The second-order valence-corrected chi connectivity index (χ2v) is 8.60. The van der Waals surface area contributed by atoms with Crippen LogP contribution in [0.4, 0.5) is 0 Å². The van der Waals surface area contributed by atoms with Crippen molar-refractivity contribution in [1.29, 1.82) is 0 Å². The quantitative estimate of drug-likeness (QED) is 0.130. The maximum atomic E-state index is 12.3. The van der Waals surface area contributed by atoms with Crippen LogP contribution in [0.2, 0.25) is 0 Å². The lowest BCUT2D eigenvalue weighted by molar-refractivity contribution is -0.921. The summed E-state index contributed by atoms with van der Waals surface area (Å²) in [7, 11) is 0. The largest absolute Gasteiger partial charge is 0.462 e. The average Bonchev–Trinajstić information content (AvgIpc) is 2.78. The lowest BCUT2D eigenvalue weighted by Gasteiger charge is -2.33. The second kappa shape index (κ2) is 17.0. The summed E-state index contributed by atoms with van der Waals surface area (Å²) in [5.74, 6) is 7.80.